The average molecular weight is 463 g/mol. The molecule has 4 atom stereocenters. The molecule has 1 aromatic carbocycles. The van der Waals surface area contributed by atoms with E-state index in [0.717, 1.165) is 60.7 Å². The number of aryl methyl sites for hydroxylation is 2. The Morgan fingerprint density at radius 3 is 2.55 bits per heavy atom. The monoisotopic (exact) mass is 462 g/mol. The van der Waals surface area contributed by atoms with E-state index in [1.165, 1.54) is 31.2 Å². The normalized spacial score (nSPS) is 26.8. The second kappa shape index (κ2) is 8.71. The molecule has 172 valence electrons. The SMILES string of the molecule is Cc1cc(N2C[C@H]3CC[C@@H](C2)C3Cc2nc3n(n2)CCCCC3c2ccc(Cl)cc2)ncn1. The van der Waals surface area contributed by atoms with Crippen LogP contribution in [-0.4, -0.2) is 37.8 Å². The van der Waals surface area contributed by atoms with Gasteiger partial charge in [-0.3, -0.25) is 0 Å². The minimum absolute atomic E-state index is 0.311. The smallest absolute Gasteiger partial charge is 0.151 e. The zero-order valence-electron chi connectivity index (χ0n) is 19.2. The highest BCUT2D eigenvalue weighted by Crippen LogP contribution is 2.44. The molecule has 1 saturated heterocycles. The van der Waals surface area contributed by atoms with E-state index in [1.807, 2.05) is 19.1 Å². The van der Waals surface area contributed by atoms with Crippen LogP contribution in [0.3, 0.4) is 0 Å². The fraction of sp³-hybridized carbons (Fsp3) is 0.538. The van der Waals surface area contributed by atoms with Gasteiger partial charge in [-0.2, -0.15) is 5.10 Å². The van der Waals surface area contributed by atoms with Crippen molar-refractivity contribution in [2.75, 3.05) is 18.0 Å². The summed E-state index contributed by atoms with van der Waals surface area (Å²) in [5.41, 5.74) is 2.34. The molecule has 1 aliphatic carbocycles. The highest BCUT2D eigenvalue weighted by molar-refractivity contribution is 6.30. The van der Waals surface area contributed by atoms with E-state index in [1.54, 1.807) is 6.33 Å². The molecule has 0 N–H and O–H groups in total. The first-order chi connectivity index (χ1) is 16.1. The summed E-state index contributed by atoms with van der Waals surface area (Å²) in [5, 5.41) is 5.81. The summed E-state index contributed by atoms with van der Waals surface area (Å²) in [6, 6.07) is 10.4. The van der Waals surface area contributed by atoms with Crippen molar-refractivity contribution in [2.45, 2.75) is 57.9 Å². The predicted octanol–water partition coefficient (Wildman–Crippen LogP) is 5.05. The Morgan fingerprint density at radius 2 is 1.79 bits per heavy atom. The number of fused-ring (bicyclic) bond motifs is 3. The molecule has 0 radical (unpaired) electrons. The minimum Gasteiger partial charge on any atom is -0.356 e. The lowest BCUT2D eigenvalue weighted by Gasteiger charge is -2.38. The van der Waals surface area contributed by atoms with Gasteiger partial charge in [-0.25, -0.2) is 19.6 Å². The lowest BCUT2D eigenvalue weighted by Crippen LogP contribution is -2.43. The van der Waals surface area contributed by atoms with Crippen LogP contribution in [-0.2, 0) is 13.0 Å². The molecule has 3 aliphatic rings. The topological polar surface area (TPSA) is 59.7 Å². The first-order valence-corrected chi connectivity index (χ1v) is 12.7. The molecular weight excluding hydrogens is 432 g/mol. The Kier molecular flexibility index (Phi) is 5.57. The number of anilines is 1. The van der Waals surface area contributed by atoms with Crippen LogP contribution < -0.4 is 4.90 Å². The number of piperidine rings is 1. The Hall–Kier alpha value is -2.47. The van der Waals surface area contributed by atoms with Gasteiger partial charge in [0.1, 0.15) is 18.0 Å². The van der Waals surface area contributed by atoms with E-state index >= 15 is 0 Å². The van der Waals surface area contributed by atoms with Crippen molar-refractivity contribution in [3.05, 3.63) is 64.6 Å². The van der Waals surface area contributed by atoms with Crippen LogP contribution >= 0.6 is 11.6 Å². The fourth-order valence-electron chi connectivity index (χ4n) is 6.34. The zero-order chi connectivity index (χ0) is 22.4. The third-order valence-corrected chi connectivity index (χ3v) is 8.25. The summed E-state index contributed by atoms with van der Waals surface area (Å²) in [5.74, 6) is 5.62. The summed E-state index contributed by atoms with van der Waals surface area (Å²) < 4.78 is 2.20. The second-order valence-electron chi connectivity index (χ2n) is 10.1. The summed E-state index contributed by atoms with van der Waals surface area (Å²) in [4.78, 5) is 16.4. The molecule has 4 heterocycles. The van der Waals surface area contributed by atoms with Crippen molar-refractivity contribution < 1.29 is 0 Å². The summed E-state index contributed by atoms with van der Waals surface area (Å²) >= 11 is 6.14. The van der Waals surface area contributed by atoms with E-state index in [9.17, 15) is 0 Å². The number of halogens is 1. The van der Waals surface area contributed by atoms with Gasteiger partial charge in [-0.15, -0.1) is 0 Å². The van der Waals surface area contributed by atoms with Crippen molar-refractivity contribution in [3.63, 3.8) is 0 Å². The maximum absolute atomic E-state index is 6.14. The van der Waals surface area contributed by atoms with E-state index in [0.29, 0.717) is 23.7 Å². The molecule has 2 bridgehead atoms. The van der Waals surface area contributed by atoms with Crippen LogP contribution in [0.4, 0.5) is 5.82 Å². The lowest BCUT2D eigenvalue weighted by molar-refractivity contribution is 0.264. The van der Waals surface area contributed by atoms with Gasteiger partial charge in [0.2, 0.25) is 0 Å². The van der Waals surface area contributed by atoms with Crippen molar-refractivity contribution in [1.82, 2.24) is 24.7 Å². The van der Waals surface area contributed by atoms with Gasteiger partial charge in [0.15, 0.2) is 5.82 Å². The number of hydrogen-bond donors (Lipinski definition) is 0. The molecular formula is C26H31ClN6. The van der Waals surface area contributed by atoms with Crippen molar-refractivity contribution in [1.29, 1.82) is 0 Å². The molecule has 7 heteroatoms. The van der Waals surface area contributed by atoms with Crippen molar-refractivity contribution in [3.8, 4) is 0 Å². The number of hydrogen-bond acceptors (Lipinski definition) is 5. The van der Waals surface area contributed by atoms with Gasteiger partial charge in [-0.05, 0) is 68.1 Å². The zero-order valence-corrected chi connectivity index (χ0v) is 20.0. The number of benzene rings is 1. The summed E-state index contributed by atoms with van der Waals surface area (Å²) in [6.45, 7) is 5.18. The van der Waals surface area contributed by atoms with Crippen LogP contribution in [0.25, 0.3) is 0 Å². The number of rotatable bonds is 4. The highest BCUT2D eigenvalue weighted by atomic mass is 35.5. The molecule has 33 heavy (non-hydrogen) atoms. The largest absolute Gasteiger partial charge is 0.356 e. The van der Waals surface area contributed by atoms with E-state index in [4.69, 9.17) is 21.7 Å². The molecule has 2 fully saturated rings. The first kappa shape index (κ1) is 21.1. The van der Waals surface area contributed by atoms with Crippen LogP contribution in [0.2, 0.25) is 5.02 Å². The van der Waals surface area contributed by atoms with Gasteiger partial charge in [0.25, 0.3) is 0 Å². The Bertz CT molecular complexity index is 1110. The molecule has 0 amide bonds. The van der Waals surface area contributed by atoms with Gasteiger partial charge in [-0.1, -0.05) is 30.2 Å². The summed E-state index contributed by atoms with van der Waals surface area (Å²) in [7, 11) is 0. The Morgan fingerprint density at radius 1 is 1.00 bits per heavy atom. The van der Waals surface area contributed by atoms with Crippen LogP contribution in [0.1, 0.15) is 60.9 Å². The third kappa shape index (κ3) is 4.14. The third-order valence-electron chi connectivity index (χ3n) is 8.00. The van der Waals surface area contributed by atoms with Gasteiger partial charge in [0, 0.05) is 48.8 Å². The quantitative estimate of drug-likeness (QED) is 0.543. The Labute approximate surface area is 200 Å². The molecule has 0 spiro atoms. The maximum atomic E-state index is 6.14. The first-order valence-electron chi connectivity index (χ1n) is 12.4. The Balaban J connectivity index is 1.21. The van der Waals surface area contributed by atoms with Crippen molar-refractivity contribution >= 4 is 17.4 Å². The van der Waals surface area contributed by atoms with Crippen LogP contribution in [0, 0.1) is 24.7 Å². The maximum Gasteiger partial charge on any atom is 0.151 e. The number of nitrogens with zero attached hydrogens (tertiary/aromatic N) is 6. The predicted molar refractivity (Wildman–Crippen MR) is 130 cm³/mol. The van der Waals surface area contributed by atoms with Gasteiger partial charge >= 0.3 is 0 Å². The molecule has 2 aromatic heterocycles. The fourth-order valence-corrected chi connectivity index (χ4v) is 6.47. The van der Waals surface area contributed by atoms with Gasteiger partial charge < -0.3 is 4.90 Å². The van der Waals surface area contributed by atoms with E-state index in [2.05, 4.69) is 37.7 Å². The number of aromatic nitrogens is 5. The highest BCUT2D eigenvalue weighted by Gasteiger charge is 2.43. The summed E-state index contributed by atoms with van der Waals surface area (Å²) in [6.07, 6.45) is 8.80. The molecule has 2 aliphatic heterocycles. The van der Waals surface area contributed by atoms with E-state index < -0.39 is 0 Å². The van der Waals surface area contributed by atoms with Crippen LogP contribution in [0.5, 0.6) is 0 Å². The second-order valence-corrected chi connectivity index (χ2v) is 10.5. The molecule has 1 saturated carbocycles. The van der Waals surface area contributed by atoms with Crippen molar-refractivity contribution in [2.24, 2.45) is 17.8 Å². The van der Waals surface area contributed by atoms with E-state index in [-0.39, 0.29) is 0 Å². The average Bonchev–Trinajstić information content (AvgIpc) is 3.22. The van der Waals surface area contributed by atoms with Crippen LogP contribution in [0.15, 0.2) is 36.7 Å². The minimum atomic E-state index is 0.311. The van der Waals surface area contributed by atoms with Gasteiger partial charge in [0.05, 0.1) is 0 Å². The standard InChI is InChI=1S/C26H31ClN6/c1-17-12-25(29-16-28-17)32-14-19-5-6-20(15-32)23(19)13-24-30-26-22(4-2-3-11-33(26)31-24)18-7-9-21(27)10-8-18/h7-10,12,16,19-20,22-23H,2-6,11,13-15H2,1H3/t19-,20+,22?,23?. The molecule has 3 aromatic rings. The molecule has 2 unspecified atom stereocenters. The molecule has 6 rings (SSSR count). The molecule has 6 nitrogen and oxygen atoms in total. The lowest BCUT2D eigenvalue weighted by atomic mass is 9.82.